The number of rotatable bonds is 1. The molecule has 0 heterocycles. The van der Waals surface area contributed by atoms with Gasteiger partial charge in [-0.1, -0.05) is 22.6 Å². The molecule has 0 fully saturated rings. The van der Waals surface area contributed by atoms with E-state index >= 15 is 0 Å². The van der Waals surface area contributed by atoms with E-state index in [2.05, 4.69) is 0 Å². The molecule has 0 saturated heterocycles. The topological polar surface area (TPSA) is 0 Å². The van der Waals surface area contributed by atoms with Crippen LogP contribution in [0.5, 0.6) is 0 Å². The Hall–Kier alpha value is 0.737. The summed E-state index contributed by atoms with van der Waals surface area (Å²) in [7, 11) is -5.14. The molecule has 6 heavy (non-hydrogen) atoms. The van der Waals surface area contributed by atoms with Gasteiger partial charge < -0.3 is 0 Å². The normalized spacial score (nSPS) is 12.0. The summed E-state index contributed by atoms with van der Waals surface area (Å²) < 4.78 is 32.1. The van der Waals surface area contributed by atoms with E-state index < -0.39 is 13.1 Å². The first-order valence-corrected chi connectivity index (χ1v) is 4.55. The van der Waals surface area contributed by atoms with Gasteiger partial charge in [0.15, 0.2) is 0 Å². The zero-order valence-corrected chi connectivity index (χ0v) is 5.88. The summed E-state index contributed by atoms with van der Waals surface area (Å²) in [5, 5.41) is 0. The molecule has 0 atom stereocenters. The molecule has 0 amide bonds. The summed E-state index contributed by atoms with van der Waals surface area (Å²) in [5.41, 5.74) is 0. The Balaban J connectivity index is 3.17. The third kappa shape index (κ3) is 4.74. The fourth-order valence-corrected chi connectivity index (χ4v) is 0. The van der Waals surface area contributed by atoms with E-state index in [1.807, 2.05) is 0 Å². The molecule has 0 rings (SSSR count). The number of halogens is 4. The molecule has 0 unspecified atom stereocenters. The van der Waals surface area contributed by atoms with Gasteiger partial charge in [-0.25, -0.2) is 12.3 Å². The highest BCUT2D eigenvalue weighted by Crippen LogP contribution is 2.10. The van der Waals surface area contributed by atoms with Crippen LogP contribution in [0.3, 0.4) is 0 Å². The highest BCUT2D eigenvalue weighted by molar-refractivity contribution is 14.1. The van der Waals surface area contributed by atoms with Crippen LogP contribution in [0.4, 0.5) is 12.3 Å². The second-order valence-corrected chi connectivity index (χ2v) is 4.53. The van der Waals surface area contributed by atoms with E-state index in [0.29, 0.717) is 0 Å². The Bertz CT molecular complexity index is 40.5. The van der Waals surface area contributed by atoms with Crippen LogP contribution in [0, 0.1) is 0 Å². The molecule has 38 valence electrons. The quantitative estimate of drug-likeness (QED) is 0.277. The minimum absolute atomic E-state index is 0.620. The van der Waals surface area contributed by atoms with Crippen molar-refractivity contribution in [1.82, 2.24) is 0 Å². The van der Waals surface area contributed by atoms with Crippen molar-refractivity contribution in [2.45, 2.75) is 0 Å². The maximum atomic E-state index is 10.9. The Kier molecular flexibility index (Phi) is 2.41. The van der Waals surface area contributed by atoms with Gasteiger partial charge in [-0.3, -0.25) is 0 Å². The predicted molar refractivity (Wildman–Crippen MR) is 28.0 cm³/mol. The first kappa shape index (κ1) is 6.74. The molecule has 0 aliphatic heterocycles. The van der Waals surface area contributed by atoms with Gasteiger partial charge >= 0.3 is 9.08 Å². The molecule has 0 radical (unpaired) electrons. The molecule has 0 saturated carbocycles. The maximum absolute atomic E-state index is 10.9. The lowest BCUT2D eigenvalue weighted by molar-refractivity contribution is 0.487. The zero-order chi connectivity index (χ0) is 5.21. The molecule has 5 heteroatoms. The van der Waals surface area contributed by atoms with Gasteiger partial charge in [0.25, 0.3) is 0 Å². The van der Waals surface area contributed by atoms with E-state index in [9.17, 15) is 12.3 Å². The lowest BCUT2D eigenvalue weighted by Crippen LogP contribution is -2.16. The first-order valence-electron chi connectivity index (χ1n) is 1.19. The largest absolute Gasteiger partial charge is 0.626 e. The monoisotopic (exact) mass is 226 g/mol. The first-order chi connectivity index (χ1) is 2.56. The standard InChI is InChI=1S/CH2F3ISi/c2-6(3,4)1-5/h1H2. The van der Waals surface area contributed by atoms with Gasteiger partial charge in [-0.05, 0) is 0 Å². The third-order valence-corrected chi connectivity index (χ3v) is 3.05. The highest BCUT2D eigenvalue weighted by Gasteiger charge is 2.34. The molecule has 0 spiro atoms. The van der Waals surface area contributed by atoms with Crippen molar-refractivity contribution in [2.24, 2.45) is 0 Å². The fraction of sp³-hybridized carbons (Fsp3) is 1.00. The fourth-order valence-electron chi connectivity index (χ4n) is 0. The van der Waals surface area contributed by atoms with Gasteiger partial charge in [-0.2, -0.15) is 0 Å². The highest BCUT2D eigenvalue weighted by atomic mass is 127. The van der Waals surface area contributed by atoms with Gasteiger partial charge in [0.2, 0.25) is 0 Å². The van der Waals surface area contributed by atoms with Crippen LogP contribution in [-0.4, -0.2) is 13.1 Å². The summed E-state index contributed by atoms with van der Waals surface area (Å²) in [4.78, 5) is 0. The van der Waals surface area contributed by atoms with Gasteiger partial charge in [0.1, 0.15) is 0 Å². The summed E-state index contributed by atoms with van der Waals surface area (Å²) in [6, 6.07) is 0. The van der Waals surface area contributed by atoms with E-state index in [1.54, 1.807) is 0 Å². The molecule has 0 N–H and O–H groups in total. The molecule has 0 aliphatic rings. The molecule has 0 aromatic heterocycles. The van der Waals surface area contributed by atoms with Gasteiger partial charge in [0, 0.05) is 0 Å². The van der Waals surface area contributed by atoms with Crippen LogP contribution >= 0.6 is 22.6 Å². The van der Waals surface area contributed by atoms with E-state index in [0.717, 1.165) is 0 Å². The van der Waals surface area contributed by atoms with Crippen LogP contribution < -0.4 is 0 Å². The van der Waals surface area contributed by atoms with E-state index in [4.69, 9.17) is 0 Å². The van der Waals surface area contributed by atoms with E-state index in [1.165, 1.54) is 22.6 Å². The molecule has 0 bridgehead atoms. The van der Waals surface area contributed by atoms with Crippen LogP contribution in [0.1, 0.15) is 0 Å². The van der Waals surface area contributed by atoms with Crippen molar-refractivity contribution in [2.75, 3.05) is 4.05 Å². The smallest absolute Gasteiger partial charge is 0.237 e. The van der Waals surface area contributed by atoms with Crippen LogP contribution in [0.15, 0.2) is 0 Å². The van der Waals surface area contributed by atoms with Crippen LogP contribution in [-0.2, 0) is 0 Å². The summed E-state index contributed by atoms with van der Waals surface area (Å²) in [6.07, 6.45) is 0. The number of hydrogen-bond donors (Lipinski definition) is 0. The summed E-state index contributed by atoms with van der Waals surface area (Å²) in [5.74, 6) is 0. The SMILES string of the molecule is F[Si](F)(F)CI. The predicted octanol–water partition coefficient (Wildman–Crippen LogP) is 1.81. The molecule has 0 nitrogen and oxygen atoms in total. The van der Waals surface area contributed by atoms with Crippen molar-refractivity contribution in [3.8, 4) is 0 Å². The van der Waals surface area contributed by atoms with Crippen molar-refractivity contribution >= 4 is 31.7 Å². The molecule has 0 aromatic carbocycles. The zero-order valence-electron chi connectivity index (χ0n) is 2.72. The van der Waals surface area contributed by atoms with Crippen LogP contribution in [0.2, 0.25) is 0 Å². The molecular weight excluding hydrogens is 224 g/mol. The van der Waals surface area contributed by atoms with Crippen molar-refractivity contribution in [3.63, 3.8) is 0 Å². The molecule has 0 aliphatic carbocycles. The number of hydrogen-bond acceptors (Lipinski definition) is 0. The Morgan fingerprint density at radius 1 is 1.33 bits per heavy atom. The number of alkyl halides is 1. The average Bonchev–Trinajstić information content (AvgIpc) is 1.35. The molecular formula is CH2F3ISi. The van der Waals surface area contributed by atoms with Crippen molar-refractivity contribution in [1.29, 1.82) is 0 Å². The Morgan fingerprint density at radius 2 is 1.50 bits per heavy atom. The maximum Gasteiger partial charge on any atom is 0.626 e. The lowest BCUT2D eigenvalue weighted by Gasteiger charge is -1.89. The minimum atomic E-state index is -5.14. The third-order valence-electron chi connectivity index (χ3n) is 0.152. The lowest BCUT2D eigenvalue weighted by atomic mass is 11.9. The Morgan fingerprint density at radius 3 is 1.50 bits per heavy atom. The summed E-state index contributed by atoms with van der Waals surface area (Å²) >= 11 is 1.33. The van der Waals surface area contributed by atoms with Crippen molar-refractivity contribution in [3.05, 3.63) is 0 Å². The second-order valence-electron chi connectivity index (χ2n) is 0.749. The Labute approximate surface area is 48.4 Å². The average molecular weight is 226 g/mol. The summed E-state index contributed by atoms with van der Waals surface area (Å²) in [6.45, 7) is 0. The molecule has 0 aromatic rings. The second kappa shape index (κ2) is 2.15. The van der Waals surface area contributed by atoms with Crippen LogP contribution in [0.25, 0.3) is 0 Å². The van der Waals surface area contributed by atoms with Crippen molar-refractivity contribution < 1.29 is 12.3 Å². The van der Waals surface area contributed by atoms with Gasteiger partial charge in [0.05, 0.1) is 4.05 Å². The van der Waals surface area contributed by atoms with E-state index in [-0.39, 0.29) is 0 Å². The van der Waals surface area contributed by atoms with Gasteiger partial charge in [-0.15, -0.1) is 0 Å². The minimum Gasteiger partial charge on any atom is -0.237 e.